The molecule has 0 aliphatic carbocycles. The second-order valence-corrected chi connectivity index (χ2v) is 9.37. The van der Waals surface area contributed by atoms with Crippen molar-refractivity contribution >= 4 is 21.8 Å². The van der Waals surface area contributed by atoms with Gasteiger partial charge in [0.05, 0.1) is 24.2 Å². The normalized spacial score (nSPS) is 17.3. The molecule has 3 aromatic rings. The van der Waals surface area contributed by atoms with E-state index in [2.05, 4.69) is 14.8 Å². The Balaban J connectivity index is 1.23. The van der Waals surface area contributed by atoms with Gasteiger partial charge in [-0.15, -0.1) is 0 Å². The third-order valence-corrected chi connectivity index (χ3v) is 6.91. The zero-order valence-corrected chi connectivity index (χ0v) is 19.5. The molecule has 0 unspecified atom stereocenters. The van der Waals surface area contributed by atoms with Crippen molar-refractivity contribution in [1.82, 2.24) is 14.8 Å². The molecule has 1 N–H and O–H groups in total. The molecule has 6 heteroatoms. The molecule has 0 bridgehead atoms. The highest BCUT2D eigenvalue weighted by molar-refractivity contribution is 5.93. The van der Waals surface area contributed by atoms with Gasteiger partial charge < -0.3 is 24.3 Å². The summed E-state index contributed by atoms with van der Waals surface area (Å²) < 4.78 is 11.9. The predicted molar refractivity (Wildman–Crippen MR) is 134 cm³/mol. The lowest BCUT2D eigenvalue weighted by Gasteiger charge is -2.15. The monoisotopic (exact) mass is 449 g/mol. The Morgan fingerprint density at radius 3 is 1.61 bits per heavy atom. The van der Waals surface area contributed by atoms with Crippen LogP contribution in [0.3, 0.4) is 0 Å². The molecule has 33 heavy (non-hydrogen) atoms. The van der Waals surface area contributed by atoms with Gasteiger partial charge in [0.15, 0.2) is 5.43 Å². The summed E-state index contributed by atoms with van der Waals surface area (Å²) in [6, 6.07) is 11.5. The maximum atomic E-state index is 13.3. The largest absolute Gasteiger partial charge is 0.494 e. The van der Waals surface area contributed by atoms with Gasteiger partial charge in [-0.2, -0.15) is 0 Å². The first kappa shape index (κ1) is 22.2. The molecule has 0 saturated carbocycles. The molecular weight excluding hydrogens is 414 g/mol. The van der Waals surface area contributed by atoms with Crippen LogP contribution in [0.15, 0.2) is 41.2 Å². The number of H-pyrrole nitrogens is 1. The van der Waals surface area contributed by atoms with Crippen molar-refractivity contribution in [2.45, 2.75) is 38.5 Å². The number of nitrogens with zero attached hydrogens (tertiary/aromatic N) is 2. The Labute approximate surface area is 195 Å². The first-order chi connectivity index (χ1) is 16.3. The zero-order valence-electron chi connectivity index (χ0n) is 19.5. The SMILES string of the molecule is O=c1c2cc(OCCCN3CCCC3)ccc2[nH]c2ccc(OCCCN3CCCC3)cc12. The summed E-state index contributed by atoms with van der Waals surface area (Å²) in [6.07, 6.45) is 7.26. The Kier molecular flexibility index (Phi) is 7.12. The standard InChI is InChI=1S/C27H35N3O3/c31-27-23-19-21(32-17-5-15-29-11-1-2-12-29)7-9-25(23)28-26-10-8-22(20-24(26)27)33-18-6-16-30-13-3-4-14-30/h7-10,19-20H,1-6,11-18H2,(H,28,31). The van der Waals surface area contributed by atoms with Crippen molar-refractivity contribution in [3.8, 4) is 11.5 Å². The smallest absolute Gasteiger partial charge is 0.197 e. The lowest BCUT2D eigenvalue weighted by molar-refractivity contribution is 0.263. The van der Waals surface area contributed by atoms with E-state index in [1.165, 1.54) is 51.9 Å². The molecule has 0 atom stereocenters. The number of pyridine rings is 1. The summed E-state index contributed by atoms with van der Waals surface area (Å²) in [5.74, 6) is 1.51. The number of aromatic amines is 1. The van der Waals surface area contributed by atoms with Crippen molar-refractivity contribution < 1.29 is 9.47 Å². The summed E-state index contributed by atoms with van der Waals surface area (Å²) in [5.41, 5.74) is 1.68. The maximum Gasteiger partial charge on any atom is 0.197 e. The predicted octanol–water partition coefficient (Wildman–Crippen LogP) is 4.41. The maximum absolute atomic E-state index is 13.3. The number of hydrogen-bond acceptors (Lipinski definition) is 5. The number of likely N-dealkylation sites (tertiary alicyclic amines) is 2. The van der Waals surface area contributed by atoms with E-state index in [4.69, 9.17) is 9.47 Å². The number of fused-ring (bicyclic) bond motifs is 2. The van der Waals surface area contributed by atoms with Gasteiger partial charge in [0.1, 0.15) is 11.5 Å². The molecule has 176 valence electrons. The molecular formula is C27H35N3O3. The molecule has 3 heterocycles. The Hall–Kier alpha value is -2.57. The average Bonchev–Trinajstić information content (AvgIpc) is 3.55. The summed E-state index contributed by atoms with van der Waals surface area (Å²) in [5, 5.41) is 1.32. The quantitative estimate of drug-likeness (QED) is 0.367. The van der Waals surface area contributed by atoms with Crippen LogP contribution in [0, 0.1) is 0 Å². The molecule has 2 fully saturated rings. The third-order valence-electron chi connectivity index (χ3n) is 6.91. The van der Waals surface area contributed by atoms with Gasteiger partial charge in [-0.05, 0) is 101 Å². The minimum atomic E-state index is 0.0174. The average molecular weight is 450 g/mol. The van der Waals surface area contributed by atoms with E-state index in [1.807, 2.05) is 36.4 Å². The van der Waals surface area contributed by atoms with Crippen molar-refractivity contribution in [3.63, 3.8) is 0 Å². The molecule has 1 aromatic heterocycles. The number of rotatable bonds is 10. The molecule has 5 rings (SSSR count). The van der Waals surface area contributed by atoms with Crippen LogP contribution in [0.5, 0.6) is 11.5 Å². The summed E-state index contributed by atoms with van der Waals surface area (Å²) in [7, 11) is 0. The van der Waals surface area contributed by atoms with E-state index in [-0.39, 0.29) is 5.43 Å². The third kappa shape index (κ3) is 5.50. The van der Waals surface area contributed by atoms with Crippen LogP contribution in [-0.4, -0.2) is 67.3 Å². The lowest BCUT2D eigenvalue weighted by Crippen LogP contribution is -2.21. The van der Waals surface area contributed by atoms with Gasteiger partial charge in [-0.1, -0.05) is 0 Å². The van der Waals surface area contributed by atoms with Gasteiger partial charge >= 0.3 is 0 Å². The molecule has 2 saturated heterocycles. The van der Waals surface area contributed by atoms with Gasteiger partial charge in [0, 0.05) is 23.9 Å². The molecule has 2 aliphatic heterocycles. The van der Waals surface area contributed by atoms with Crippen LogP contribution in [-0.2, 0) is 0 Å². The van der Waals surface area contributed by atoms with Crippen LogP contribution >= 0.6 is 0 Å². The van der Waals surface area contributed by atoms with E-state index in [0.29, 0.717) is 24.0 Å². The lowest BCUT2D eigenvalue weighted by atomic mass is 10.1. The van der Waals surface area contributed by atoms with Gasteiger partial charge in [0.2, 0.25) is 0 Å². The first-order valence-corrected chi connectivity index (χ1v) is 12.6. The zero-order chi connectivity index (χ0) is 22.5. The number of nitrogens with one attached hydrogen (secondary N) is 1. The number of hydrogen-bond donors (Lipinski definition) is 1. The Morgan fingerprint density at radius 1 is 0.697 bits per heavy atom. The fourth-order valence-electron chi connectivity index (χ4n) is 5.08. The highest BCUT2D eigenvalue weighted by Crippen LogP contribution is 2.23. The number of aromatic nitrogens is 1. The van der Waals surface area contributed by atoms with Crippen molar-refractivity contribution in [1.29, 1.82) is 0 Å². The molecule has 6 nitrogen and oxygen atoms in total. The van der Waals surface area contributed by atoms with Crippen molar-refractivity contribution in [2.75, 3.05) is 52.5 Å². The van der Waals surface area contributed by atoms with Crippen molar-refractivity contribution in [3.05, 3.63) is 46.6 Å². The summed E-state index contributed by atoms with van der Waals surface area (Å²) in [6.45, 7) is 8.35. The molecule has 0 amide bonds. The highest BCUT2D eigenvalue weighted by Gasteiger charge is 2.12. The van der Waals surface area contributed by atoms with E-state index in [9.17, 15) is 4.79 Å². The summed E-state index contributed by atoms with van der Waals surface area (Å²) >= 11 is 0. The second kappa shape index (κ2) is 10.6. The number of ether oxygens (including phenoxy) is 2. The Morgan fingerprint density at radius 2 is 1.15 bits per heavy atom. The first-order valence-electron chi connectivity index (χ1n) is 12.6. The van der Waals surface area contributed by atoms with Crippen molar-refractivity contribution in [2.24, 2.45) is 0 Å². The van der Waals surface area contributed by atoms with E-state index >= 15 is 0 Å². The molecule has 0 spiro atoms. The van der Waals surface area contributed by atoms with Crippen LogP contribution in [0.4, 0.5) is 0 Å². The topological polar surface area (TPSA) is 57.8 Å². The van der Waals surface area contributed by atoms with Gasteiger partial charge in [-0.3, -0.25) is 4.79 Å². The van der Waals surface area contributed by atoms with Crippen LogP contribution in [0.2, 0.25) is 0 Å². The van der Waals surface area contributed by atoms with Gasteiger partial charge in [0.25, 0.3) is 0 Å². The van der Waals surface area contributed by atoms with Crippen LogP contribution in [0.25, 0.3) is 21.8 Å². The van der Waals surface area contributed by atoms with Crippen LogP contribution in [0.1, 0.15) is 38.5 Å². The Bertz CT molecular complexity index is 1050. The minimum absolute atomic E-state index is 0.0174. The summed E-state index contributed by atoms with van der Waals surface area (Å²) in [4.78, 5) is 21.6. The van der Waals surface area contributed by atoms with Crippen LogP contribution < -0.4 is 14.9 Å². The fraction of sp³-hybridized carbons (Fsp3) is 0.519. The second-order valence-electron chi connectivity index (χ2n) is 9.37. The molecule has 0 radical (unpaired) electrons. The minimum Gasteiger partial charge on any atom is -0.494 e. The van der Waals surface area contributed by atoms with E-state index in [0.717, 1.165) is 48.5 Å². The number of benzene rings is 2. The van der Waals surface area contributed by atoms with Gasteiger partial charge in [-0.25, -0.2) is 0 Å². The van der Waals surface area contributed by atoms with E-state index < -0.39 is 0 Å². The highest BCUT2D eigenvalue weighted by atomic mass is 16.5. The molecule has 2 aromatic carbocycles. The molecule has 2 aliphatic rings. The van der Waals surface area contributed by atoms with E-state index in [1.54, 1.807) is 0 Å². The fourth-order valence-corrected chi connectivity index (χ4v) is 5.08.